The predicted molar refractivity (Wildman–Crippen MR) is 85.7 cm³/mol. The molecule has 0 spiro atoms. The number of nitrogens with one attached hydrogen (secondary N) is 3. The number of anilines is 2. The average Bonchev–Trinajstić information content (AvgIpc) is 3.03. The molecule has 0 radical (unpaired) electrons. The number of methoxy groups -OCH3 is 1. The molecule has 0 saturated carbocycles. The number of sulfonamides is 1. The van der Waals surface area contributed by atoms with E-state index in [0.29, 0.717) is 17.1 Å². The second-order valence-corrected chi connectivity index (χ2v) is 7.07. The van der Waals surface area contributed by atoms with Gasteiger partial charge in [0, 0.05) is 11.8 Å². The number of hydrogen-bond donors (Lipinski definition) is 3. The molecule has 1 amide bonds. The van der Waals surface area contributed by atoms with E-state index in [1.54, 1.807) is 25.1 Å². The molecule has 0 bridgehead atoms. The Balaban J connectivity index is 2.12. The number of carbonyl (C=O) groups is 1. The second-order valence-electron chi connectivity index (χ2n) is 5.06. The number of carbonyl (C=O) groups excluding carboxylic acids is 1. The van der Waals surface area contributed by atoms with E-state index in [1.165, 1.54) is 7.11 Å². The van der Waals surface area contributed by atoms with Gasteiger partial charge in [-0.2, -0.15) is 0 Å². The molecule has 0 aliphatic carbocycles. The topological polar surface area (TPSA) is 96.5 Å². The zero-order valence-electron chi connectivity index (χ0n) is 12.7. The third-order valence-corrected chi connectivity index (χ3v) is 4.78. The van der Waals surface area contributed by atoms with E-state index in [1.807, 2.05) is 0 Å². The van der Waals surface area contributed by atoms with E-state index in [0.717, 1.165) is 19.4 Å². The highest BCUT2D eigenvalue weighted by Crippen LogP contribution is 2.29. The van der Waals surface area contributed by atoms with Crippen LogP contribution in [0.4, 0.5) is 11.4 Å². The molecular weight excluding hydrogens is 306 g/mol. The third kappa shape index (κ3) is 4.11. The van der Waals surface area contributed by atoms with Crippen molar-refractivity contribution in [2.24, 2.45) is 0 Å². The first-order chi connectivity index (χ1) is 10.4. The van der Waals surface area contributed by atoms with Crippen molar-refractivity contribution in [1.82, 2.24) is 5.32 Å². The van der Waals surface area contributed by atoms with Crippen LogP contribution < -0.4 is 20.1 Å². The van der Waals surface area contributed by atoms with Gasteiger partial charge in [-0.25, -0.2) is 8.42 Å². The highest BCUT2D eigenvalue weighted by Gasteiger charge is 2.22. The predicted octanol–water partition coefficient (Wildman–Crippen LogP) is 1.15. The van der Waals surface area contributed by atoms with Crippen LogP contribution in [0.15, 0.2) is 18.2 Å². The van der Waals surface area contributed by atoms with Gasteiger partial charge < -0.3 is 15.4 Å². The lowest BCUT2D eigenvalue weighted by Gasteiger charge is -2.14. The van der Waals surface area contributed by atoms with Gasteiger partial charge in [-0.3, -0.25) is 9.52 Å². The van der Waals surface area contributed by atoms with E-state index in [9.17, 15) is 13.2 Å². The van der Waals surface area contributed by atoms with Crippen molar-refractivity contribution >= 4 is 27.3 Å². The molecule has 1 heterocycles. The lowest BCUT2D eigenvalue weighted by atomic mass is 10.2. The quantitative estimate of drug-likeness (QED) is 0.728. The first-order valence-corrected chi connectivity index (χ1v) is 8.83. The highest BCUT2D eigenvalue weighted by molar-refractivity contribution is 7.92. The Morgan fingerprint density at radius 1 is 1.45 bits per heavy atom. The van der Waals surface area contributed by atoms with E-state index in [2.05, 4.69) is 15.4 Å². The van der Waals surface area contributed by atoms with Crippen molar-refractivity contribution in [2.75, 3.05) is 29.4 Å². The Hall–Kier alpha value is -1.80. The molecule has 3 N–H and O–H groups in total. The van der Waals surface area contributed by atoms with E-state index >= 15 is 0 Å². The van der Waals surface area contributed by atoms with Gasteiger partial charge in [-0.1, -0.05) is 0 Å². The minimum atomic E-state index is -3.38. The second kappa shape index (κ2) is 6.97. The number of amides is 1. The summed E-state index contributed by atoms with van der Waals surface area (Å²) in [5, 5.41) is 5.92. The SMILES string of the molecule is CCS(=O)(=O)Nc1ccc(NC(=O)C2CCCN2)cc1OC. The molecule has 0 aromatic heterocycles. The highest BCUT2D eigenvalue weighted by atomic mass is 32.2. The Labute approximate surface area is 130 Å². The van der Waals surface area contributed by atoms with Crippen LogP contribution in [0.3, 0.4) is 0 Å². The lowest BCUT2D eigenvalue weighted by molar-refractivity contribution is -0.117. The maximum absolute atomic E-state index is 12.0. The van der Waals surface area contributed by atoms with Gasteiger partial charge in [0.05, 0.1) is 24.6 Å². The fourth-order valence-corrected chi connectivity index (χ4v) is 2.88. The van der Waals surface area contributed by atoms with Crippen LogP contribution in [0.5, 0.6) is 5.75 Å². The fourth-order valence-electron chi connectivity index (χ4n) is 2.23. The third-order valence-electron chi connectivity index (χ3n) is 3.49. The molecule has 8 heteroatoms. The maximum Gasteiger partial charge on any atom is 0.241 e. The summed E-state index contributed by atoms with van der Waals surface area (Å²) in [6, 6.07) is 4.64. The Morgan fingerprint density at radius 3 is 2.82 bits per heavy atom. The Kier molecular flexibility index (Phi) is 5.25. The van der Waals surface area contributed by atoms with Crippen molar-refractivity contribution in [3.63, 3.8) is 0 Å². The van der Waals surface area contributed by atoms with Crippen molar-refractivity contribution in [2.45, 2.75) is 25.8 Å². The first kappa shape index (κ1) is 16.6. The molecule has 22 heavy (non-hydrogen) atoms. The van der Waals surface area contributed by atoms with Gasteiger partial charge in [0.15, 0.2) is 0 Å². The molecule has 1 atom stereocenters. The zero-order valence-corrected chi connectivity index (χ0v) is 13.5. The number of benzene rings is 1. The number of hydrogen-bond acceptors (Lipinski definition) is 5. The van der Waals surface area contributed by atoms with Crippen LogP contribution in [-0.4, -0.2) is 39.8 Å². The van der Waals surface area contributed by atoms with E-state index in [-0.39, 0.29) is 17.7 Å². The summed E-state index contributed by atoms with van der Waals surface area (Å²) >= 11 is 0. The fraction of sp³-hybridized carbons (Fsp3) is 0.500. The average molecular weight is 327 g/mol. The summed E-state index contributed by atoms with van der Waals surface area (Å²) in [6.45, 7) is 2.40. The summed E-state index contributed by atoms with van der Waals surface area (Å²) < 4.78 is 30.9. The first-order valence-electron chi connectivity index (χ1n) is 7.18. The van der Waals surface area contributed by atoms with E-state index in [4.69, 9.17) is 4.74 Å². The van der Waals surface area contributed by atoms with Crippen molar-refractivity contribution in [3.8, 4) is 5.75 Å². The van der Waals surface area contributed by atoms with Crippen LogP contribution in [-0.2, 0) is 14.8 Å². The van der Waals surface area contributed by atoms with Crippen LogP contribution in [0.25, 0.3) is 0 Å². The van der Waals surface area contributed by atoms with Crippen LogP contribution in [0.2, 0.25) is 0 Å². The van der Waals surface area contributed by atoms with Gasteiger partial charge >= 0.3 is 0 Å². The van der Waals surface area contributed by atoms with Gasteiger partial charge in [0.25, 0.3) is 0 Å². The van der Waals surface area contributed by atoms with Crippen LogP contribution in [0.1, 0.15) is 19.8 Å². The smallest absolute Gasteiger partial charge is 0.241 e. The molecule has 1 aromatic rings. The molecule has 2 rings (SSSR count). The van der Waals surface area contributed by atoms with Gasteiger partial charge in [0.1, 0.15) is 5.75 Å². The molecule has 1 aromatic carbocycles. The largest absolute Gasteiger partial charge is 0.494 e. The molecule has 1 saturated heterocycles. The summed E-state index contributed by atoms with van der Waals surface area (Å²) in [5.41, 5.74) is 0.913. The molecule has 1 aliphatic rings. The summed E-state index contributed by atoms with van der Waals surface area (Å²) in [6.07, 6.45) is 1.80. The van der Waals surface area contributed by atoms with Crippen LogP contribution >= 0.6 is 0 Å². The van der Waals surface area contributed by atoms with Crippen molar-refractivity contribution in [3.05, 3.63) is 18.2 Å². The molecule has 122 valence electrons. The monoisotopic (exact) mass is 327 g/mol. The molecule has 1 aliphatic heterocycles. The molecule has 1 unspecified atom stereocenters. The normalized spacial score (nSPS) is 18.0. The molecule has 7 nitrogen and oxygen atoms in total. The van der Waals surface area contributed by atoms with Gasteiger partial charge in [0.2, 0.25) is 15.9 Å². The lowest BCUT2D eigenvalue weighted by Crippen LogP contribution is -2.35. The van der Waals surface area contributed by atoms with Crippen LogP contribution in [0, 0.1) is 0 Å². The Bertz CT molecular complexity index is 639. The van der Waals surface area contributed by atoms with Gasteiger partial charge in [-0.15, -0.1) is 0 Å². The summed E-state index contributed by atoms with van der Waals surface area (Å²) in [7, 11) is -1.93. The minimum Gasteiger partial charge on any atom is -0.494 e. The number of ether oxygens (including phenoxy) is 1. The summed E-state index contributed by atoms with van der Waals surface area (Å²) in [5.74, 6) is 0.234. The van der Waals surface area contributed by atoms with E-state index < -0.39 is 10.0 Å². The molecule has 1 fully saturated rings. The Morgan fingerprint density at radius 2 is 2.23 bits per heavy atom. The summed E-state index contributed by atoms with van der Waals surface area (Å²) in [4.78, 5) is 12.0. The van der Waals surface area contributed by atoms with Gasteiger partial charge in [-0.05, 0) is 38.4 Å². The zero-order chi connectivity index (χ0) is 16.2. The maximum atomic E-state index is 12.0. The van der Waals surface area contributed by atoms with Crippen molar-refractivity contribution in [1.29, 1.82) is 0 Å². The molecular formula is C14H21N3O4S. The standard InChI is InChI=1S/C14H21N3O4S/c1-3-22(19,20)17-11-7-6-10(9-13(11)21-2)16-14(18)12-5-4-8-15-12/h6-7,9,12,15,17H,3-5,8H2,1-2H3,(H,16,18). The minimum absolute atomic E-state index is 0.0258. The van der Waals surface area contributed by atoms with Crippen molar-refractivity contribution < 1.29 is 17.9 Å². The number of rotatable bonds is 6.